The van der Waals surface area contributed by atoms with Gasteiger partial charge in [0.2, 0.25) is 0 Å². The molecular weight excluding hydrogens is 406 g/mol. The van der Waals surface area contributed by atoms with Gasteiger partial charge in [0, 0.05) is 5.69 Å². The fourth-order valence-electron chi connectivity index (χ4n) is 2.49. The number of rotatable bonds is 9. The van der Waals surface area contributed by atoms with Crippen LogP contribution in [0.4, 0.5) is 5.69 Å². The van der Waals surface area contributed by atoms with Crippen LogP contribution in [0.3, 0.4) is 0 Å². The smallest absolute Gasteiger partial charge is 0.344 e. The second-order valence-electron chi connectivity index (χ2n) is 6.11. The zero-order valence-corrected chi connectivity index (χ0v) is 17.1. The number of anilines is 1. The minimum absolute atomic E-state index is 0.0654. The van der Waals surface area contributed by atoms with Crippen LogP contribution < -0.4 is 14.2 Å². The van der Waals surface area contributed by atoms with Crippen molar-refractivity contribution in [3.05, 3.63) is 78.9 Å². The maximum absolute atomic E-state index is 12.6. The molecule has 0 radical (unpaired) electrons. The summed E-state index contributed by atoms with van der Waals surface area (Å²) in [5.74, 6) is 1.16. The standard InChI is InChI=1S/C22H21NO6S/c1-2-27-22(24)16-28-18-12-14-21(15-13-18)30(25,26)23-17-8-10-20(11-9-17)29-19-6-4-3-5-7-19/h3-15,23H,2,16H2,1H3. The summed E-state index contributed by atoms with van der Waals surface area (Å²) in [6, 6.07) is 21.6. The Morgan fingerprint density at radius 3 is 2.07 bits per heavy atom. The number of carbonyl (C=O) groups is 1. The van der Waals surface area contributed by atoms with Crippen molar-refractivity contribution in [1.29, 1.82) is 0 Å². The molecule has 7 nitrogen and oxygen atoms in total. The lowest BCUT2D eigenvalue weighted by atomic mass is 10.3. The molecule has 0 atom stereocenters. The summed E-state index contributed by atoms with van der Waals surface area (Å²) in [5.41, 5.74) is 0.401. The molecule has 0 saturated heterocycles. The summed E-state index contributed by atoms with van der Waals surface area (Å²) in [4.78, 5) is 11.4. The van der Waals surface area contributed by atoms with Crippen molar-refractivity contribution in [2.75, 3.05) is 17.9 Å². The number of para-hydroxylation sites is 1. The number of hydrogen-bond donors (Lipinski definition) is 1. The van der Waals surface area contributed by atoms with Crippen LogP contribution in [-0.4, -0.2) is 27.6 Å². The Morgan fingerprint density at radius 2 is 1.43 bits per heavy atom. The van der Waals surface area contributed by atoms with Crippen molar-refractivity contribution >= 4 is 21.7 Å². The maximum Gasteiger partial charge on any atom is 0.344 e. The Bertz CT molecular complexity index is 1060. The number of hydrogen-bond acceptors (Lipinski definition) is 6. The Labute approximate surface area is 175 Å². The molecule has 0 bridgehead atoms. The van der Waals surface area contributed by atoms with E-state index < -0.39 is 16.0 Å². The van der Waals surface area contributed by atoms with Crippen molar-refractivity contribution < 1.29 is 27.4 Å². The molecule has 0 aliphatic rings. The summed E-state index contributed by atoms with van der Waals surface area (Å²) in [6.45, 7) is 1.73. The minimum atomic E-state index is -3.78. The number of sulfonamides is 1. The molecule has 0 aliphatic carbocycles. The maximum atomic E-state index is 12.6. The van der Waals surface area contributed by atoms with Crippen LogP contribution >= 0.6 is 0 Å². The number of carbonyl (C=O) groups excluding carboxylic acids is 1. The van der Waals surface area contributed by atoms with Gasteiger partial charge in [-0.3, -0.25) is 4.72 Å². The number of ether oxygens (including phenoxy) is 3. The van der Waals surface area contributed by atoms with Gasteiger partial charge in [0.1, 0.15) is 17.2 Å². The third-order valence-corrected chi connectivity index (χ3v) is 5.28. The normalized spacial score (nSPS) is 10.8. The van der Waals surface area contributed by atoms with Gasteiger partial charge in [-0.25, -0.2) is 13.2 Å². The summed E-state index contributed by atoms with van der Waals surface area (Å²) >= 11 is 0. The van der Waals surface area contributed by atoms with Gasteiger partial charge in [-0.2, -0.15) is 0 Å². The predicted molar refractivity (Wildman–Crippen MR) is 112 cm³/mol. The van der Waals surface area contributed by atoms with E-state index in [0.717, 1.165) is 0 Å². The van der Waals surface area contributed by atoms with E-state index in [0.29, 0.717) is 22.9 Å². The average molecular weight is 427 g/mol. The van der Waals surface area contributed by atoms with Crippen molar-refractivity contribution in [3.63, 3.8) is 0 Å². The Kier molecular flexibility index (Phi) is 6.92. The molecule has 0 amide bonds. The molecule has 156 valence electrons. The van der Waals surface area contributed by atoms with Crippen LogP contribution in [0.5, 0.6) is 17.2 Å². The molecule has 0 unspecified atom stereocenters. The first kappa shape index (κ1) is 21.2. The second kappa shape index (κ2) is 9.80. The van der Waals surface area contributed by atoms with Crippen molar-refractivity contribution in [2.45, 2.75) is 11.8 Å². The molecule has 3 aromatic carbocycles. The molecule has 0 heterocycles. The zero-order valence-electron chi connectivity index (χ0n) is 16.3. The van der Waals surface area contributed by atoms with Gasteiger partial charge < -0.3 is 14.2 Å². The van der Waals surface area contributed by atoms with E-state index in [-0.39, 0.29) is 18.1 Å². The van der Waals surface area contributed by atoms with Crippen LogP contribution in [0.15, 0.2) is 83.8 Å². The van der Waals surface area contributed by atoms with Gasteiger partial charge in [-0.15, -0.1) is 0 Å². The van der Waals surface area contributed by atoms with Gasteiger partial charge in [-0.05, 0) is 67.6 Å². The van der Waals surface area contributed by atoms with Crippen LogP contribution in [0.2, 0.25) is 0 Å². The lowest BCUT2D eigenvalue weighted by Crippen LogP contribution is -2.15. The molecule has 0 aliphatic heterocycles. The fraction of sp³-hybridized carbons (Fsp3) is 0.136. The fourth-order valence-corrected chi connectivity index (χ4v) is 3.55. The van der Waals surface area contributed by atoms with Crippen molar-refractivity contribution in [1.82, 2.24) is 0 Å². The average Bonchev–Trinajstić information content (AvgIpc) is 2.75. The molecule has 30 heavy (non-hydrogen) atoms. The van der Waals surface area contributed by atoms with E-state index in [1.165, 1.54) is 24.3 Å². The SMILES string of the molecule is CCOC(=O)COc1ccc(S(=O)(=O)Nc2ccc(Oc3ccccc3)cc2)cc1. The van der Waals surface area contributed by atoms with Crippen LogP contribution in [0.1, 0.15) is 6.92 Å². The molecule has 1 N–H and O–H groups in total. The Morgan fingerprint density at radius 1 is 0.833 bits per heavy atom. The van der Waals surface area contributed by atoms with Crippen molar-refractivity contribution in [2.24, 2.45) is 0 Å². The topological polar surface area (TPSA) is 90.9 Å². The third kappa shape index (κ3) is 5.99. The van der Waals surface area contributed by atoms with E-state index in [1.807, 2.05) is 30.3 Å². The number of nitrogens with one attached hydrogen (secondary N) is 1. The molecule has 3 aromatic rings. The second-order valence-corrected chi connectivity index (χ2v) is 7.79. The highest BCUT2D eigenvalue weighted by Crippen LogP contribution is 2.24. The van der Waals surface area contributed by atoms with Crippen molar-refractivity contribution in [3.8, 4) is 17.2 Å². The van der Waals surface area contributed by atoms with E-state index >= 15 is 0 Å². The summed E-state index contributed by atoms with van der Waals surface area (Å²) in [5, 5.41) is 0. The van der Waals surface area contributed by atoms with E-state index in [9.17, 15) is 13.2 Å². The number of esters is 1. The Hall–Kier alpha value is -3.52. The first-order chi connectivity index (χ1) is 14.5. The highest BCUT2D eigenvalue weighted by molar-refractivity contribution is 7.92. The van der Waals surface area contributed by atoms with Gasteiger partial charge >= 0.3 is 5.97 Å². The van der Waals surface area contributed by atoms with Gasteiger partial charge in [0.15, 0.2) is 6.61 Å². The monoisotopic (exact) mass is 427 g/mol. The highest BCUT2D eigenvalue weighted by atomic mass is 32.2. The van der Waals surface area contributed by atoms with E-state index in [1.54, 1.807) is 31.2 Å². The molecule has 0 saturated carbocycles. The molecular formula is C22H21NO6S. The quantitative estimate of drug-likeness (QED) is 0.514. The lowest BCUT2D eigenvalue weighted by molar-refractivity contribution is -0.145. The molecule has 8 heteroatoms. The first-order valence-electron chi connectivity index (χ1n) is 9.20. The predicted octanol–water partition coefficient (Wildman–Crippen LogP) is 4.22. The molecule has 0 fully saturated rings. The summed E-state index contributed by atoms with van der Waals surface area (Å²) in [6.07, 6.45) is 0. The lowest BCUT2D eigenvalue weighted by Gasteiger charge is -2.10. The van der Waals surface area contributed by atoms with Crippen LogP contribution in [-0.2, 0) is 19.6 Å². The molecule has 3 rings (SSSR count). The minimum Gasteiger partial charge on any atom is -0.482 e. The van der Waals surface area contributed by atoms with Gasteiger partial charge in [-0.1, -0.05) is 18.2 Å². The van der Waals surface area contributed by atoms with E-state index in [4.69, 9.17) is 14.2 Å². The van der Waals surface area contributed by atoms with E-state index in [2.05, 4.69) is 4.72 Å². The zero-order chi connectivity index (χ0) is 21.4. The van der Waals surface area contributed by atoms with Crippen LogP contribution in [0, 0.1) is 0 Å². The van der Waals surface area contributed by atoms with Crippen LogP contribution in [0.25, 0.3) is 0 Å². The summed E-state index contributed by atoms with van der Waals surface area (Å²) < 4.78 is 43.4. The highest BCUT2D eigenvalue weighted by Gasteiger charge is 2.14. The molecule has 0 aromatic heterocycles. The van der Waals surface area contributed by atoms with Gasteiger partial charge in [0.25, 0.3) is 10.0 Å². The largest absolute Gasteiger partial charge is 0.482 e. The summed E-state index contributed by atoms with van der Waals surface area (Å²) in [7, 11) is -3.78. The van der Waals surface area contributed by atoms with Gasteiger partial charge in [0.05, 0.1) is 11.5 Å². The Balaban J connectivity index is 1.61. The molecule has 0 spiro atoms. The first-order valence-corrected chi connectivity index (χ1v) is 10.7. The number of benzene rings is 3. The third-order valence-electron chi connectivity index (χ3n) is 3.88.